The largest absolute Gasteiger partial charge is 0.481 e. The normalized spacial score (nSPS) is 13.7. The molecule has 0 aliphatic heterocycles. The molecule has 3 aromatic rings. The minimum atomic E-state index is -1.41. The first-order valence-corrected chi connectivity index (χ1v) is 15.5. The lowest BCUT2D eigenvalue weighted by atomic mass is 9.98. The number of nitrogens with zero attached hydrogens (tertiary/aromatic N) is 1. The standard InChI is InChI=1S/C34H37N5O10/c1-2-48-31(44)14-11-20(16-30(42)43)37-33(46)28(15-21-17-35-19-36-21)38-32(45)27(12-13-29(40)41)39-34(47)49-18-26-24-9-5-3-7-22(24)23-8-4-6-10-25(23)26/h3-11,14,17,19-20,26-28H,2,12-13,15-16,18H2,1H3,(H,35,36)(H,37,46)(H,38,45)(H,39,47)(H,40,41)(H,42,43)/b14-11+/t20?,27-,28-/m0/s1. The lowest BCUT2D eigenvalue weighted by molar-refractivity contribution is -0.139. The SMILES string of the molecule is CCOC(=O)/C=C/C(CC(=O)O)NC(=O)[C@H](Cc1cnc[nH]1)NC(=O)[C@H](CCC(=O)O)NC(=O)OCC1c2ccccc2-c2ccccc21. The zero-order valence-corrected chi connectivity index (χ0v) is 26.6. The number of carboxylic acids is 2. The second-order valence-corrected chi connectivity index (χ2v) is 11.1. The van der Waals surface area contributed by atoms with Crippen molar-refractivity contribution in [3.8, 4) is 11.1 Å². The van der Waals surface area contributed by atoms with Crippen LogP contribution in [0.25, 0.3) is 11.1 Å². The molecule has 1 unspecified atom stereocenters. The number of aromatic amines is 1. The zero-order chi connectivity index (χ0) is 35.3. The van der Waals surface area contributed by atoms with Crippen molar-refractivity contribution in [2.45, 2.75) is 56.7 Å². The number of H-pyrrole nitrogens is 1. The third kappa shape index (κ3) is 10.2. The number of carbonyl (C=O) groups is 6. The molecule has 1 aromatic heterocycles. The minimum absolute atomic E-state index is 0.0533. The number of carbonyl (C=O) groups excluding carboxylic acids is 4. The van der Waals surface area contributed by atoms with Crippen LogP contribution in [-0.4, -0.2) is 87.3 Å². The first kappa shape index (κ1) is 35.9. The summed E-state index contributed by atoms with van der Waals surface area (Å²) in [4.78, 5) is 81.3. The number of imidazole rings is 1. The minimum Gasteiger partial charge on any atom is -0.481 e. The van der Waals surface area contributed by atoms with Gasteiger partial charge in [0.05, 0.1) is 25.4 Å². The van der Waals surface area contributed by atoms with Gasteiger partial charge in [0.2, 0.25) is 11.8 Å². The maximum atomic E-state index is 13.5. The van der Waals surface area contributed by atoms with E-state index >= 15 is 0 Å². The number of amides is 3. The van der Waals surface area contributed by atoms with Gasteiger partial charge in [-0.2, -0.15) is 0 Å². The van der Waals surface area contributed by atoms with Gasteiger partial charge in [-0.3, -0.25) is 19.2 Å². The van der Waals surface area contributed by atoms with Crippen LogP contribution in [0.2, 0.25) is 0 Å². The first-order valence-electron chi connectivity index (χ1n) is 15.5. The Bertz CT molecular complexity index is 1640. The molecule has 15 heteroatoms. The summed E-state index contributed by atoms with van der Waals surface area (Å²) in [5.74, 6) is -5.19. The van der Waals surface area contributed by atoms with Crippen LogP contribution in [0.15, 0.2) is 73.2 Å². The molecule has 49 heavy (non-hydrogen) atoms. The molecular formula is C34H37N5O10. The van der Waals surface area contributed by atoms with Gasteiger partial charge in [0, 0.05) is 36.7 Å². The number of aromatic nitrogens is 2. The van der Waals surface area contributed by atoms with Gasteiger partial charge in [0.1, 0.15) is 18.7 Å². The highest BCUT2D eigenvalue weighted by Gasteiger charge is 2.32. The number of alkyl carbamates (subject to hydrolysis) is 1. The molecule has 4 rings (SSSR count). The highest BCUT2D eigenvalue weighted by atomic mass is 16.5. The highest BCUT2D eigenvalue weighted by molar-refractivity contribution is 5.92. The lowest BCUT2D eigenvalue weighted by Gasteiger charge is -2.24. The van der Waals surface area contributed by atoms with Crippen molar-refractivity contribution in [3.63, 3.8) is 0 Å². The molecule has 3 amide bonds. The highest BCUT2D eigenvalue weighted by Crippen LogP contribution is 2.44. The molecule has 0 spiro atoms. The quantitative estimate of drug-likeness (QED) is 0.0899. The van der Waals surface area contributed by atoms with E-state index in [0.717, 1.165) is 34.4 Å². The average Bonchev–Trinajstić information content (AvgIpc) is 3.70. The number of hydrogen-bond donors (Lipinski definition) is 6. The van der Waals surface area contributed by atoms with Crippen molar-refractivity contribution in [1.82, 2.24) is 25.9 Å². The molecule has 1 heterocycles. The van der Waals surface area contributed by atoms with E-state index in [-0.39, 0.29) is 32.0 Å². The summed E-state index contributed by atoms with van der Waals surface area (Å²) in [5, 5.41) is 26.1. The Morgan fingerprint density at radius 2 is 1.53 bits per heavy atom. The summed E-state index contributed by atoms with van der Waals surface area (Å²) in [6, 6.07) is 11.6. The third-order valence-electron chi connectivity index (χ3n) is 7.68. The molecule has 258 valence electrons. The predicted molar refractivity (Wildman–Crippen MR) is 173 cm³/mol. The van der Waals surface area contributed by atoms with Crippen LogP contribution in [0.3, 0.4) is 0 Å². The van der Waals surface area contributed by atoms with Crippen LogP contribution in [0.1, 0.15) is 48.9 Å². The van der Waals surface area contributed by atoms with Gasteiger partial charge in [0.15, 0.2) is 0 Å². The fourth-order valence-electron chi connectivity index (χ4n) is 5.44. The van der Waals surface area contributed by atoms with Crippen LogP contribution in [0.4, 0.5) is 4.79 Å². The number of fused-ring (bicyclic) bond motifs is 3. The number of aliphatic carboxylic acids is 2. The van der Waals surface area contributed by atoms with Crippen molar-refractivity contribution in [3.05, 3.63) is 90.0 Å². The Balaban J connectivity index is 1.47. The van der Waals surface area contributed by atoms with Crippen LogP contribution >= 0.6 is 0 Å². The van der Waals surface area contributed by atoms with Gasteiger partial charge < -0.3 is 40.6 Å². The van der Waals surface area contributed by atoms with Crippen LogP contribution in [0.5, 0.6) is 0 Å². The van der Waals surface area contributed by atoms with Gasteiger partial charge in [-0.15, -0.1) is 0 Å². The second kappa shape index (κ2) is 17.2. The summed E-state index contributed by atoms with van der Waals surface area (Å²) in [5.41, 5.74) is 4.43. The van der Waals surface area contributed by atoms with Gasteiger partial charge in [-0.25, -0.2) is 14.6 Å². The predicted octanol–water partition coefficient (Wildman–Crippen LogP) is 2.29. The van der Waals surface area contributed by atoms with Crippen LogP contribution < -0.4 is 16.0 Å². The van der Waals surface area contributed by atoms with E-state index in [2.05, 4.69) is 25.9 Å². The molecule has 0 saturated heterocycles. The van der Waals surface area contributed by atoms with E-state index in [1.54, 1.807) is 6.92 Å². The molecule has 1 aliphatic rings. The Morgan fingerprint density at radius 1 is 0.878 bits per heavy atom. The van der Waals surface area contributed by atoms with Gasteiger partial charge in [0.25, 0.3) is 0 Å². The third-order valence-corrected chi connectivity index (χ3v) is 7.68. The summed E-state index contributed by atoms with van der Waals surface area (Å²) in [6.45, 7) is 1.63. The summed E-state index contributed by atoms with van der Waals surface area (Å²) in [6.07, 6.45) is 2.42. The van der Waals surface area contributed by atoms with Gasteiger partial charge in [-0.05, 0) is 35.6 Å². The topological polar surface area (TPSA) is 226 Å². The van der Waals surface area contributed by atoms with Crippen LogP contribution in [-0.2, 0) is 39.9 Å². The Kier molecular flexibility index (Phi) is 12.6. The van der Waals surface area contributed by atoms with E-state index in [0.29, 0.717) is 5.69 Å². The monoisotopic (exact) mass is 675 g/mol. The van der Waals surface area contributed by atoms with Crippen molar-refractivity contribution < 1.29 is 48.5 Å². The average molecular weight is 676 g/mol. The van der Waals surface area contributed by atoms with E-state index in [1.807, 2.05) is 48.5 Å². The van der Waals surface area contributed by atoms with Crippen molar-refractivity contribution in [1.29, 1.82) is 0 Å². The van der Waals surface area contributed by atoms with Crippen molar-refractivity contribution in [2.24, 2.45) is 0 Å². The molecule has 15 nitrogen and oxygen atoms in total. The van der Waals surface area contributed by atoms with Crippen LogP contribution in [0, 0.1) is 0 Å². The van der Waals surface area contributed by atoms with E-state index in [1.165, 1.54) is 12.5 Å². The smallest absolute Gasteiger partial charge is 0.407 e. The molecule has 1 aliphatic carbocycles. The number of carboxylic acid groups (broad SMARTS) is 2. The van der Waals surface area contributed by atoms with Crippen molar-refractivity contribution >= 4 is 35.8 Å². The maximum absolute atomic E-state index is 13.5. The van der Waals surface area contributed by atoms with E-state index in [9.17, 15) is 39.0 Å². The molecule has 2 aromatic carbocycles. The number of rotatable bonds is 17. The summed E-state index contributed by atoms with van der Waals surface area (Å²) in [7, 11) is 0. The fraction of sp³-hybridized carbons (Fsp3) is 0.324. The number of benzene rings is 2. The fourth-order valence-corrected chi connectivity index (χ4v) is 5.44. The first-order chi connectivity index (χ1) is 23.5. The van der Waals surface area contributed by atoms with E-state index in [4.69, 9.17) is 9.47 Å². The molecular weight excluding hydrogens is 638 g/mol. The Labute approximate surface area is 281 Å². The van der Waals surface area contributed by atoms with Crippen molar-refractivity contribution in [2.75, 3.05) is 13.2 Å². The number of esters is 1. The Hall–Kier alpha value is -5.99. The number of hydrogen-bond acceptors (Lipinski definition) is 9. The molecule has 3 atom stereocenters. The molecule has 0 saturated carbocycles. The number of nitrogens with one attached hydrogen (secondary N) is 4. The maximum Gasteiger partial charge on any atom is 0.407 e. The Morgan fingerprint density at radius 3 is 2.12 bits per heavy atom. The lowest BCUT2D eigenvalue weighted by Crippen LogP contribution is -2.55. The molecule has 0 radical (unpaired) electrons. The molecule has 0 fully saturated rings. The molecule has 6 N–H and O–H groups in total. The number of ether oxygens (including phenoxy) is 2. The van der Waals surface area contributed by atoms with Gasteiger partial charge >= 0.3 is 24.0 Å². The molecule has 0 bridgehead atoms. The second-order valence-electron chi connectivity index (χ2n) is 11.1. The summed E-state index contributed by atoms with van der Waals surface area (Å²) < 4.78 is 10.4. The summed E-state index contributed by atoms with van der Waals surface area (Å²) >= 11 is 0. The van der Waals surface area contributed by atoms with E-state index < -0.39 is 66.8 Å². The zero-order valence-electron chi connectivity index (χ0n) is 26.6. The van der Waals surface area contributed by atoms with Gasteiger partial charge in [-0.1, -0.05) is 54.6 Å².